The second-order valence-electron chi connectivity index (χ2n) is 1.70. The van der Waals surface area contributed by atoms with Crippen molar-refractivity contribution in [2.45, 2.75) is 6.54 Å². The zero-order valence-corrected chi connectivity index (χ0v) is 5.12. The normalized spacial score (nSPS) is 9.44. The Kier molecular flexibility index (Phi) is 2.22. The summed E-state index contributed by atoms with van der Waals surface area (Å²) in [6.45, 7) is 0.612. The van der Waals surface area contributed by atoms with E-state index in [2.05, 4.69) is 17.3 Å². The first-order valence-corrected chi connectivity index (χ1v) is 2.76. The number of aromatic nitrogens is 1. The Morgan fingerprint density at radius 1 is 1.56 bits per heavy atom. The van der Waals surface area contributed by atoms with Crippen LogP contribution >= 0.6 is 0 Å². The van der Waals surface area contributed by atoms with E-state index in [0.29, 0.717) is 6.54 Å². The van der Waals surface area contributed by atoms with Gasteiger partial charge in [0, 0.05) is 12.7 Å². The fourth-order valence-electron chi connectivity index (χ4n) is 0.606. The van der Waals surface area contributed by atoms with E-state index in [0.717, 1.165) is 5.69 Å². The van der Waals surface area contributed by atoms with Gasteiger partial charge in [0.25, 0.3) is 0 Å². The van der Waals surface area contributed by atoms with Gasteiger partial charge in [-0.05, 0) is 12.1 Å². The molecule has 0 atom stereocenters. The molecule has 0 N–H and O–H groups in total. The third kappa shape index (κ3) is 1.82. The van der Waals surface area contributed by atoms with Crippen LogP contribution < -0.4 is 5.32 Å². The van der Waals surface area contributed by atoms with Gasteiger partial charge in [0.05, 0.1) is 5.69 Å². The molecule has 0 aliphatic rings. The summed E-state index contributed by atoms with van der Waals surface area (Å²) in [7, 11) is 3.37. The second-order valence-corrected chi connectivity index (χ2v) is 1.70. The molecule has 9 heavy (non-hydrogen) atoms. The lowest BCUT2D eigenvalue weighted by molar-refractivity contribution is 0.817. The number of pyridine rings is 1. The van der Waals surface area contributed by atoms with Gasteiger partial charge >= 0.3 is 0 Å². The minimum absolute atomic E-state index is 0.612. The van der Waals surface area contributed by atoms with Crippen LogP contribution in [0.15, 0.2) is 24.4 Å². The first kappa shape index (κ1) is 6.23. The summed E-state index contributed by atoms with van der Waals surface area (Å²) >= 11 is 0. The lowest BCUT2D eigenvalue weighted by Crippen LogP contribution is -1.95. The standard InChI is InChI=1S/C7H8N2/c1-8-6-7-4-2-3-5-9-7/h2-5H,1,6H2/q-1. The molecule has 1 rings (SSSR count). The quantitative estimate of drug-likeness (QED) is 0.534. The number of hydrogen-bond acceptors (Lipinski definition) is 1. The molecule has 0 saturated heterocycles. The number of hydrogen-bond donors (Lipinski definition) is 0. The van der Waals surface area contributed by atoms with Crippen molar-refractivity contribution in [1.82, 2.24) is 10.3 Å². The Morgan fingerprint density at radius 3 is 3.00 bits per heavy atom. The van der Waals surface area contributed by atoms with Crippen molar-refractivity contribution in [3.05, 3.63) is 37.1 Å². The summed E-state index contributed by atoms with van der Waals surface area (Å²) < 4.78 is 0. The molecule has 0 unspecified atom stereocenters. The zero-order chi connectivity index (χ0) is 6.53. The van der Waals surface area contributed by atoms with Crippen molar-refractivity contribution in [3.63, 3.8) is 0 Å². The van der Waals surface area contributed by atoms with E-state index >= 15 is 0 Å². The highest BCUT2D eigenvalue weighted by molar-refractivity contribution is 5.02. The molecule has 0 amide bonds. The van der Waals surface area contributed by atoms with Crippen molar-refractivity contribution in [2.24, 2.45) is 0 Å². The minimum atomic E-state index is 0.612. The largest absolute Gasteiger partial charge is 0.419 e. The molecule has 0 aromatic carbocycles. The van der Waals surface area contributed by atoms with Crippen LogP contribution in [0.5, 0.6) is 0 Å². The molecule has 0 spiro atoms. The fourth-order valence-corrected chi connectivity index (χ4v) is 0.606. The molecular weight excluding hydrogens is 112 g/mol. The Morgan fingerprint density at radius 2 is 2.44 bits per heavy atom. The smallest absolute Gasteiger partial charge is 0.0529 e. The molecule has 0 aliphatic carbocycles. The van der Waals surface area contributed by atoms with E-state index in [1.165, 1.54) is 0 Å². The van der Waals surface area contributed by atoms with Gasteiger partial charge in [0.15, 0.2) is 0 Å². The van der Waals surface area contributed by atoms with Crippen LogP contribution in [-0.2, 0) is 6.54 Å². The summed E-state index contributed by atoms with van der Waals surface area (Å²) in [4.78, 5) is 4.03. The molecule has 1 radical (unpaired) electrons. The van der Waals surface area contributed by atoms with Crippen LogP contribution in [0.1, 0.15) is 5.69 Å². The van der Waals surface area contributed by atoms with Gasteiger partial charge in [-0.3, -0.25) is 12.0 Å². The SMILES string of the molecule is [CH2-][N]Cc1ccccn1. The van der Waals surface area contributed by atoms with Crippen LogP contribution in [-0.4, -0.2) is 4.98 Å². The Balaban J connectivity index is 2.61. The van der Waals surface area contributed by atoms with Gasteiger partial charge in [-0.2, -0.15) is 0 Å². The van der Waals surface area contributed by atoms with Gasteiger partial charge in [0.2, 0.25) is 0 Å². The monoisotopic (exact) mass is 120 g/mol. The molecule has 1 aromatic rings. The maximum atomic E-state index is 4.03. The first-order chi connectivity index (χ1) is 4.43. The molecule has 2 heteroatoms. The van der Waals surface area contributed by atoms with Crippen molar-refractivity contribution in [2.75, 3.05) is 0 Å². The molecular formula is C7H8N2-. The van der Waals surface area contributed by atoms with Gasteiger partial charge in [-0.1, -0.05) is 6.07 Å². The summed E-state index contributed by atoms with van der Waals surface area (Å²) in [5.74, 6) is 0. The average molecular weight is 120 g/mol. The molecule has 0 fully saturated rings. The minimum Gasteiger partial charge on any atom is -0.419 e. The maximum Gasteiger partial charge on any atom is 0.0529 e. The third-order valence-corrected chi connectivity index (χ3v) is 1.000. The van der Waals surface area contributed by atoms with Crippen molar-refractivity contribution in [3.8, 4) is 0 Å². The van der Waals surface area contributed by atoms with E-state index in [1.807, 2.05) is 18.2 Å². The highest BCUT2D eigenvalue weighted by Crippen LogP contribution is 1.91. The topological polar surface area (TPSA) is 27.0 Å². The fraction of sp³-hybridized carbons (Fsp3) is 0.143. The van der Waals surface area contributed by atoms with Crippen LogP contribution in [0.3, 0.4) is 0 Å². The molecule has 47 valence electrons. The number of rotatable bonds is 2. The Hall–Kier alpha value is -0.890. The maximum absolute atomic E-state index is 4.03. The summed E-state index contributed by atoms with van der Waals surface area (Å²) in [6.07, 6.45) is 1.75. The van der Waals surface area contributed by atoms with Crippen molar-refractivity contribution < 1.29 is 0 Å². The van der Waals surface area contributed by atoms with Crippen LogP contribution in [0, 0.1) is 7.05 Å². The summed E-state index contributed by atoms with van der Waals surface area (Å²) in [6, 6.07) is 5.74. The van der Waals surface area contributed by atoms with Crippen LogP contribution in [0.4, 0.5) is 0 Å². The first-order valence-electron chi connectivity index (χ1n) is 2.76. The van der Waals surface area contributed by atoms with Gasteiger partial charge in [0.1, 0.15) is 0 Å². The van der Waals surface area contributed by atoms with Gasteiger partial charge < -0.3 is 5.32 Å². The van der Waals surface area contributed by atoms with Gasteiger partial charge in [-0.15, -0.1) is 0 Å². The second kappa shape index (κ2) is 3.20. The average Bonchev–Trinajstić information content (AvgIpc) is 1.91. The highest BCUT2D eigenvalue weighted by atomic mass is 14.8. The third-order valence-electron chi connectivity index (χ3n) is 1.000. The van der Waals surface area contributed by atoms with Crippen molar-refractivity contribution in [1.29, 1.82) is 0 Å². The van der Waals surface area contributed by atoms with E-state index < -0.39 is 0 Å². The highest BCUT2D eigenvalue weighted by Gasteiger charge is 1.83. The van der Waals surface area contributed by atoms with E-state index in [1.54, 1.807) is 6.20 Å². The summed E-state index contributed by atoms with van der Waals surface area (Å²) in [5.41, 5.74) is 0.965. The number of nitrogens with zero attached hydrogens (tertiary/aromatic N) is 2. The van der Waals surface area contributed by atoms with Gasteiger partial charge in [-0.25, -0.2) is 0 Å². The molecule has 0 bridgehead atoms. The van der Waals surface area contributed by atoms with Crippen LogP contribution in [0.25, 0.3) is 0 Å². The van der Waals surface area contributed by atoms with E-state index in [4.69, 9.17) is 0 Å². The Bertz CT molecular complexity index is 160. The molecule has 1 aromatic heterocycles. The molecule has 2 nitrogen and oxygen atoms in total. The molecule has 0 saturated carbocycles. The van der Waals surface area contributed by atoms with E-state index in [-0.39, 0.29) is 0 Å². The lowest BCUT2D eigenvalue weighted by Gasteiger charge is -1.98. The predicted molar refractivity (Wildman–Crippen MR) is 35.4 cm³/mol. The van der Waals surface area contributed by atoms with Crippen molar-refractivity contribution >= 4 is 0 Å². The predicted octanol–water partition coefficient (Wildman–Crippen LogP) is 0.978. The zero-order valence-electron chi connectivity index (χ0n) is 5.12. The Labute approximate surface area is 54.9 Å². The molecule has 0 aliphatic heterocycles. The van der Waals surface area contributed by atoms with E-state index in [9.17, 15) is 0 Å². The molecule has 1 heterocycles. The summed E-state index contributed by atoms with van der Waals surface area (Å²) in [5, 5.41) is 3.69. The lowest BCUT2D eigenvalue weighted by atomic mass is 10.3. The van der Waals surface area contributed by atoms with Crippen LogP contribution in [0.2, 0.25) is 0 Å².